The van der Waals surface area contributed by atoms with Crippen molar-refractivity contribution in [2.75, 3.05) is 19.7 Å². The quantitative estimate of drug-likeness (QED) is 0.870. The lowest BCUT2D eigenvalue weighted by atomic mass is 10.1. The van der Waals surface area contributed by atoms with Gasteiger partial charge in [0, 0.05) is 32.9 Å². The normalized spacial score (nSPS) is 15.8. The third-order valence-corrected chi connectivity index (χ3v) is 4.33. The van der Waals surface area contributed by atoms with Gasteiger partial charge in [-0.2, -0.15) is 0 Å². The Morgan fingerprint density at radius 1 is 1.38 bits per heavy atom. The Kier molecular flexibility index (Phi) is 4.48. The number of pyridine rings is 1. The van der Waals surface area contributed by atoms with Crippen molar-refractivity contribution < 1.29 is 9.53 Å². The second-order valence-corrected chi connectivity index (χ2v) is 5.86. The predicted molar refractivity (Wildman–Crippen MR) is 88.2 cm³/mol. The van der Waals surface area contributed by atoms with Gasteiger partial charge in [0.15, 0.2) is 0 Å². The number of aryl methyl sites for hydroxylation is 1. The van der Waals surface area contributed by atoms with Crippen molar-refractivity contribution in [1.82, 2.24) is 19.4 Å². The molecule has 0 radical (unpaired) electrons. The van der Waals surface area contributed by atoms with Crippen LogP contribution in [0.2, 0.25) is 0 Å². The van der Waals surface area contributed by atoms with Crippen LogP contribution in [0.25, 0.3) is 11.0 Å². The van der Waals surface area contributed by atoms with Gasteiger partial charge in [0.05, 0.1) is 17.1 Å². The second kappa shape index (κ2) is 6.56. The Morgan fingerprint density at radius 3 is 2.75 bits per heavy atom. The van der Waals surface area contributed by atoms with Crippen LogP contribution in [-0.4, -0.2) is 51.1 Å². The molecule has 2 aromatic heterocycles. The number of carbonyl (C=O) groups is 1. The molecule has 1 fully saturated rings. The van der Waals surface area contributed by atoms with Gasteiger partial charge in [0.25, 0.3) is 11.5 Å². The number of hydrogen-bond donors (Lipinski definition) is 1. The van der Waals surface area contributed by atoms with Crippen molar-refractivity contribution in [3.8, 4) is 0 Å². The number of hydrogen-bond acceptors (Lipinski definition) is 5. The van der Waals surface area contributed by atoms with Gasteiger partial charge in [0.2, 0.25) is 0 Å². The number of H-pyrrole nitrogens is 1. The number of carbonyl (C=O) groups excluding carboxylic acids is 1. The Labute approximate surface area is 138 Å². The number of piperidine rings is 1. The summed E-state index contributed by atoms with van der Waals surface area (Å²) in [6, 6.07) is 1.50. The summed E-state index contributed by atoms with van der Waals surface area (Å²) in [5.74, 6) is -0.160. The zero-order valence-corrected chi connectivity index (χ0v) is 13.7. The fourth-order valence-corrected chi connectivity index (χ4v) is 3.00. The summed E-state index contributed by atoms with van der Waals surface area (Å²) in [7, 11) is 1.52. The third kappa shape index (κ3) is 2.96. The van der Waals surface area contributed by atoms with Gasteiger partial charge in [-0.25, -0.2) is 9.78 Å². The van der Waals surface area contributed by atoms with Gasteiger partial charge in [-0.3, -0.25) is 19.1 Å². The number of ether oxygens (including phenoxy) is 1. The highest BCUT2D eigenvalue weighted by molar-refractivity contribution is 5.96. The van der Waals surface area contributed by atoms with E-state index in [9.17, 15) is 14.4 Å². The molecule has 0 spiro atoms. The van der Waals surface area contributed by atoms with Crippen molar-refractivity contribution in [3.05, 3.63) is 38.7 Å². The molecular formula is C16H20N4O4. The first-order valence-corrected chi connectivity index (χ1v) is 8.01. The summed E-state index contributed by atoms with van der Waals surface area (Å²) >= 11 is 0. The average Bonchev–Trinajstić information content (AvgIpc) is 2.60. The maximum Gasteiger partial charge on any atom is 0.329 e. The molecule has 0 aliphatic carbocycles. The van der Waals surface area contributed by atoms with Gasteiger partial charge >= 0.3 is 5.69 Å². The smallest absolute Gasteiger partial charge is 0.329 e. The summed E-state index contributed by atoms with van der Waals surface area (Å²) in [4.78, 5) is 44.3. The molecule has 3 rings (SSSR count). The summed E-state index contributed by atoms with van der Waals surface area (Å²) in [5, 5.41) is 0.229. The number of aromatic amines is 1. The fourth-order valence-electron chi connectivity index (χ4n) is 3.00. The molecule has 1 N–H and O–H groups in total. The molecule has 0 atom stereocenters. The van der Waals surface area contributed by atoms with E-state index in [0.29, 0.717) is 25.3 Å². The third-order valence-electron chi connectivity index (χ3n) is 4.33. The molecule has 128 valence electrons. The van der Waals surface area contributed by atoms with Crippen molar-refractivity contribution in [1.29, 1.82) is 0 Å². The summed E-state index contributed by atoms with van der Waals surface area (Å²) in [5.41, 5.74) is -0.459. The summed E-state index contributed by atoms with van der Waals surface area (Å²) in [6.45, 7) is 3.87. The highest BCUT2D eigenvalue weighted by atomic mass is 16.5. The van der Waals surface area contributed by atoms with Crippen molar-refractivity contribution in [2.24, 2.45) is 7.05 Å². The molecule has 3 heterocycles. The monoisotopic (exact) mass is 332 g/mol. The van der Waals surface area contributed by atoms with E-state index in [1.807, 2.05) is 6.92 Å². The largest absolute Gasteiger partial charge is 0.378 e. The highest BCUT2D eigenvalue weighted by Crippen LogP contribution is 2.17. The Morgan fingerprint density at radius 2 is 2.08 bits per heavy atom. The van der Waals surface area contributed by atoms with Gasteiger partial charge in [-0.15, -0.1) is 0 Å². The van der Waals surface area contributed by atoms with Crippen LogP contribution in [0.15, 0.2) is 21.9 Å². The minimum absolute atomic E-state index is 0.160. The van der Waals surface area contributed by atoms with Gasteiger partial charge in [-0.05, 0) is 25.8 Å². The maximum atomic E-state index is 12.6. The lowest BCUT2D eigenvalue weighted by molar-refractivity contribution is 0.0146. The lowest BCUT2D eigenvalue weighted by Crippen LogP contribution is -2.41. The maximum absolute atomic E-state index is 12.6. The van der Waals surface area contributed by atoms with E-state index in [-0.39, 0.29) is 23.0 Å². The van der Waals surface area contributed by atoms with E-state index < -0.39 is 11.2 Å². The van der Waals surface area contributed by atoms with E-state index >= 15 is 0 Å². The van der Waals surface area contributed by atoms with Crippen molar-refractivity contribution in [3.63, 3.8) is 0 Å². The van der Waals surface area contributed by atoms with Crippen LogP contribution in [0.5, 0.6) is 0 Å². The molecule has 2 aromatic rings. The van der Waals surface area contributed by atoms with E-state index in [4.69, 9.17) is 4.74 Å². The van der Waals surface area contributed by atoms with Crippen molar-refractivity contribution in [2.45, 2.75) is 25.9 Å². The van der Waals surface area contributed by atoms with Crippen LogP contribution < -0.4 is 11.2 Å². The van der Waals surface area contributed by atoms with Crippen LogP contribution in [0.3, 0.4) is 0 Å². The van der Waals surface area contributed by atoms with Gasteiger partial charge < -0.3 is 9.64 Å². The summed E-state index contributed by atoms with van der Waals surface area (Å²) in [6.07, 6.45) is 3.22. The number of likely N-dealkylation sites (tertiary alicyclic amines) is 1. The number of nitrogens with one attached hydrogen (secondary N) is 1. The molecule has 24 heavy (non-hydrogen) atoms. The topological polar surface area (TPSA) is 97.3 Å². The number of amides is 1. The SMILES string of the molecule is CCOC1CCN(C(=O)c2cnc3c(c2)c(=O)[nH]c(=O)n3C)CC1. The van der Waals surface area contributed by atoms with E-state index in [1.165, 1.54) is 23.9 Å². The molecule has 8 nitrogen and oxygen atoms in total. The number of rotatable bonds is 3. The van der Waals surface area contributed by atoms with Crippen LogP contribution in [0.1, 0.15) is 30.1 Å². The van der Waals surface area contributed by atoms with Crippen LogP contribution >= 0.6 is 0 Å². The van der Waals surface area contributed by atoms with Crippen LogP contribution in [0, 0.1) is 0 Å². The highest BCUT2D eigenvalue weighted by Gasteiger charge is 2.24. The van der Waals surface area contributed by atoms with Crippen LogP contribution in [0.4, 0.5) is 0 Å². The number of aromatic nitrogens is 3. The van der Waals surface area contributed by atoms with Crippen molar-refractivity contribution >= 4 is 16.9 Å². The Bertz CT molecular complexity index is 878. The number of fused-ring (bicyclic) bond motifs is 1. The first kappa shape index (κ1) is 16.4. The summed E-state index contributed by atoms with van der Waals surface area (Å²) < 4.78 is 6.83. The Balaban J connectivity index is 1.86. The molecule has 1 saturated heterocycles. The average molecular weight is 332 g/mol. The molecule has 0 unspecified atom stereocenters. The van der Waals surface area contributed by atoms with E-state index in [1.54, 1.807) is 4.90 Å². The molecule has 1 amide bonds. The molecule has 0 aromatic carbocycles. The molecule has 8 heteroatoms. The Hall–Kier alpha value is -2.48. The zero-order valence-electron chi connectivity index (χ0n) is 13.7. The van der Waals surface area contributed by atoms with E-state index in [2.05, 4.69) is 9.97 Å². The molecule has 1 aliphatic rings. The van der Waals surface area contributed by atoms with E-state index in [0.717, 1.165) is 12.8 Å². The zero-order chi connectivity index (χ0) is 17.3. The first-order chi connectivity index (χ1) is 11.5. The van der Waals surface area contributed by atoms with Gasteiger partial charge in [-0.1, -0.05) is 0 Å². The standard InChI is InChI=1S/C16H20N4O4/c1-3-24-11-4-6-20(7-5-11)15(22)10-8-12-13(17-9-10)19(2)16(23)18-14(12)21/h8-9,11H,3-7H2,1-2H3,(H,18,21,23). The minimum atomic E-state index is -0.537. The number of nitrogens with zero attached hydrogens (tertiary/aromatic N) is 3. The molecule has 0 saturated carbocycles. The van der Waals surface area contributed by atoms with Gasteiger partial charge in [0.1, 0.15) is 5.65 Å². The minimum Gasteiger partial charge on any atom is -0.378 e. The lowest BCUT2D eigenvalue weighted by Gasteiger charge is -2.31. The molecule has 1 aliphatic heterocycles. The predicted octanol–water partition coefficient (Wildman–Crippen LogP) is 0.263. The fraction of sp³-hybridized carbons (Fsp3) is 0.500. The molecular weight excluding hydrogens is 312 g/mol. The van der Waals surface area contributed by atoms with Crippen LogP contribution in [-0.2, 0) is 11.8 Å². The first-order valence-electron chi connectivity index (χ1n) is 8.01. The second-order valence-electron chi connectivity index (χ2n) is 5.86. The molecule has 0 bridgehead atoms.